The van der Waals surface area contributed by atoms with Crippen LogP contribution in [0.25, 0.3) is 21.7 Å². The number of nitrogens with zero attached hydrogens (tertiary/aromatic N) is 5. The Kier molecular flexibility index (Phi) is 11.1. The molecule has 2 N–H and O–H groups in total. The highest BCUT2D eigenvalue weighted by molar-refractivity contribution is 7.81. The number of piperidine rings is 1. The standard InChI is InChI=1S/C45H42F3N7O5S/c1-44(2)42(59)54(32-9-6-28(25-49)36(24-32)45(46,47)48)43(61)55(44)31-12-10-30(11-13-31)53-21-19-52(20-22-53)18-4-3-5-38(56)50-29-8-14-33-27(23-29)7-16-37-40(33)35(26-60-37)34-15-17-39(57)51-41(34)58/h6-14,16,23-24,26,34H,3-5,15,17-22H2,1-2H3,(H,50,56)(H,51,57,58). The van der Waals surface area contributed by atoms with Gasteiger partial charge in [-0.1, -0.05) is 12.1 Å². The van der Waals surface area contributed by atoms with Crippen LogP contribution in [0.5, 0.6) is 0 Å². The number of piperazine rings is 1. The molecule has 1 unspecified atom stereocenters. The van der Waals surface area contributed by atoms with Crippen molar-refractivity contribution in [3.8, 4) is 6.07 Å². The van der Waals surface area contributed by atoms with E-state index in [2.05, 4.69) is 20.4 Å². The summed E-state index contributed by atoms with van der Waals surface area (Å²) < 4.78 is 47.0. The van der Waals surface area contributed by atoms with E-state index in [1.807, 2.05) is 54.6 Å². The number of nitriles is 1. The maximum absolute atomic E-state index is 13.7. The number of halogens is 3. The molecule has 4 heterocycles. The van der Waals surface area contributed by atoms with Crippen LogP contribution in [0, 0.1) is 11.3 Å². The second kappa shape index (κ2) is 16.3. The molecule has 3 aliphatic heterocycles. The summed E-state index contributed by atoms with van der Waals surface area (Å²) in [5.74, 6) is -1.62. The number of carbonyl (C=O) groups is 4. The van der Waals surface area contributed by atoms with Crippen molar-refractivity contribution in [1.29, 1.82) is 5.26 Å². The smallest absolute Gasteiger partial charge is 0.417 e. The van der Waals surface area contributed by atoms with Crippen molar-refractivity contribution in [2.45, 2.75) is 63.6 Å². The number of amides is 4. The molecular weight excluding hydrogens is 808 g/mol. The fourth-order valence-corrected chi connectivity index (χ4v) is 9.08. The molecule has 314 valence electrons. The SMILES string of the molecule is CC1(C)C(=O)N(c2ccc(C#N)c(C(F)(F)F)c2)C(=S)N1c1ccc(N2CCN(CCCCC(=O)Nc3ccc4c(ccc5occ(C6CCC(=O)NC6=O)c54)c3)CC2)cc1. The molecule has 3 aliphatic rings. The molecule has 16 heteroatoms. The Hall–Kier alpha value is -6.31. The van der Waals surface area contributed by atoms with Gasteiger partial charge < -0.3 is 19.5 Å². The maximum atomic E-state index is 13.7. The number of imide groups is 1. The highest BCUT2D eigenvalue weighted by atomic mass is 32.1. The third-order valence-corrected chi connectivity index (χ3v) is 12.2. The number of carbonyl (C=O) groups excluding carboxylic acids is 4. The first-order valence-electron chi connectivity index (χ1n) is 20.1. The first kappa shape index (κ1) is 41.4. The zero-order chi connectivity index (χ0) is 43.2. The van der Waals surface area contributed by atoms with Gasteiger partial charge in [0.15, 0.2) is 5.11 Å². The van der Waals surface area contributed by atoms with Crippen LogP contribution in [0.4, 0.5) is 35.9 Å². The number of rotatable bonds is 10. The van der Waals surface area contributed by atoms with Gasteiger partial charge in [0.05, 0.1) is 35.1 Å². The summed E-state index contributed by atoms with van der Waals surface area (Å²) >= 11 is 5.69. The highest BCUT2D eigenvalue weighted by Gasteiger charge is 2.50. The number of unbranched alkanes of at least 4 members (excludes halogenated alkanes) is 1. The van der Waals surface area contributed by atoms with Crippen molar-refractivity contribution in [2.24, 2.45) is 0 Å². The Morgan fingerprint density at radius 3 is 2.38 bits per heavy atom. The van der Waals surface area contributed by atoms with Gasteiger partial charge in [-0.25, -0.2) is 0 Å². The second-order valence-electron chi connectivity index (χ2n) is 16.1. The Balaban J connectivity index is 0.813. The number of hydrogen-bond donors (Lipinski definition) is 2. The van der Waals surface area contributed by atoms with Crippen molar-refractivity contribution in [2.75, 3.05) is 52.7 Å². The Morgan fingerprint density at radius 2 is 1.67 bits per heavy atom. The lowest BCUT2D eigenvalue weighted by Crippen LogP contribution is -2.46. The molecule has 5 aromatic rings. The van der Waals surface area contributed by atoms with Crippen LogP contribution in [-0.4, -0.2) is 71.9 Å². The molecule has 4 aromatic carbocycles. The zero-order valence-corrected chi connectivity index (χ0v) is 34.3. The minimum absolute atomic E-state index is 0.0419. The number of furan rings is 1. The number of thiocarbonyl (C=S) groups is 1. The van der Waals surface area contributed by atoms with Crippen molar-refractivity contribution in [3.63, 3.8) is 0 Å². The summed E-state index contributed by atoms with van der Waals surface area (Å²) in [7, 11) is 0. The van der Waals surface area contributed by atoms with Crippen molar-refractivity contribution >= 4 is 85.5 Å². The molecular formula is C45H42F3N7O5S. The summed E-state index contributed by atoms with van der Waals surface area (Å²) in [6, 6.07) is 21.8. The molecule has 0 radical (unpaired) electrons. The number of anilines is 4. The molecule has 1 aromatic heterocycles. The van der Waals surface area contributed by atoms with E-state index in [0.717, 1.165) is 90.0 Å². The number of benzene rings is 4. The normalized spacial score (nSPS) is 18.6. The third-order valence-electron chi connectivity index (χ3n) is 11.8. The molecule has 0 bridgehead atoms. The third kappa shape index (κ3) is 8.03. The van der Waals surface area contributed by atoms with Crippen LogP contribution in [0.1, 0.15) is 68.6 Å². The number of alkyl halides is 3. The Bertz CT molecular complexity index is 2630. The molecule has 0 aliphatic carbocycles. The molecule has 0 spiro atoms. The molecule has 1 atom stereocenters. The predicted molar refractivity (Wildman–Crippen MR) is 229 cm³/mol. The molecule has 12 nitrogen and oxygen atoms in total. The quantitative estimate of drug-likeness (QED) is 0.0811. The van der Waals surface area contributed by atoms with Crippen LogP contribution in [0.2, 0.25) is 0 Å². The van der Waals surface area contributed by atoms with E-state index >= 15 is 0 Å². The minimum Gasteiger partial charge on any atom is -0.464 e. The maximum Gasteiger partial charge on any atom is 0.417 e. The first-order chi connectivity index (χ1) is 29.1. The lowest BCUT2D eigenvalue weighted by Gasteiger charge is -2.36. The van der Waals surface area contributed by atoms with Crippen LogP contribution in [0.3, 0.4) is 0 Å². The van der Waals surface area contributed by atoms with E-state index in [0.29, 0.717) is 29.8 Å². The van der Waals surface area contributed by atoms with E-state index in [4.69, 9.17) is 16.6 Å². The van der Waals surface area contributed by atoms with Crippen LogP contribution >= 0.6 is 12.2 Å². The minimum atomic E-state index is -4.78. The van der Waals surface area contributed by atoms with Gasteiger partial charge in [0.2, 0.25) is 17.7 Å². The molecule has 3 fully saturated rings. The molecule has 4 amide bonds. The summed E-state index contributed by atoms with van der Waals surface area (Å²) in [5.41, 5.74) is 0.790. The predicted octanol–water partition coefficient (Wildman–Crippen LogP) is 7.84. The van der Waals surface area contributed by atoms with Gasteiger partial charge in [0.25, 0.3) is 5.91 Å². The average molecular weight is 850 g/mol. The van der Waals surface area contributed by atoms with E-state index in [-0.39, 0.29) is 34.9 Å². The summed E-state index contributed by atoms with van der Waals surface area (Å²) in [6.07, 6.45) is -0.514. The molecule has 61 heavy (non-hydrogen) atoms. The van der Waals surface area contributed by atoms with Crippen LogP contribution in [0.15, 0.2) is 83.5 Å². The van der Waals surface area contributed by atoms with Gasteiger partial charge in [-0.2, -0.15) is 18.4 Å². The van der Waals surface area contributed by atoms with Gasteiger partial charge in [-0.3, -0.25) is 34.3 Å². The van der Waals surface area contributed by atoms with E-state index in [1.54, 1.807) is 31.1 Å². The first-order valence-corrected chi connectivity index (χ1v) is 20.5. The zero-order valence-electron chi connectivity index (χ0n) is 33.5. The van der Waals surface area contributed by atoms with Gasteiger partial charge in [0.1, 0.15) is 11.1 Å². The highest BCUT2D eigenvalue weighted by Crippen LogP contribution is 2.41. The number of nitrogens with one attached hydrogen (secondary N) is 2. The summed E-state index contributed by atoms with van der Waals surface area (Å²) in [5, 5.41) is 17.3. The average Bonchev–Trinajstić information content (AvgIpc) is 3.74. The van der Waals surface area contributed by atoms with Gasteiger partial charge in [-0.15, -0.1) is 0 Å². The second-order valence-corrected chi connectivity index (χ2v) is 16.4. The van der Waals surface area contributed by atoms with Crippen molar-refractivity contribution in [3.05, 3.63) is 95.7 Å². The lowest BCUT2D eigenvalue weighted by molar-refractivity contribution is -0.138. The fourth-order valence-electron chi connectivity index (χ4n) is 8.56. The summed E-state index contributed by atoms with van der Waals surface area (Å²) in [4.78, 5) is 58.2. The number of fused-ring (bicyclic) bond motifs is 3. The number of hydrogen-bond acceptors (Lipinski definition) is 9. The Labute approximate surface area is 354 Å². The van der Waals surface area contributed by atoms with Crippen molar-refractivity contribution < 1.29 is 36.8 Å². The van der Waals surface area contributed by atoms with E-state index in [9.17, 15) is 37.6 Å². The van der Waals surface area contributed by atoms with Crippen molar-refractivity contribution in [1.82, 2.24) is 10.2 Å². The van der Waals surface area contributed by atoms with E-state index < -0.39 is 34.7 Å². The van der Waals surface area contributed by atoms with Crippen LogP contribution < -0.4 is 25.3 Å². The van der Waals surface area contributed by atoms with Gasteiger partial charge in [0, 0.05) is 67.0 Å². The largest absolute Gasteiger partial charge is 0.464 e. The fraction of sp³-hybridized carbons (Fsp3) is 0.333. The van der Waals surface area contributed by atoms with Crippen LogP contribution in [-0.2, 0) is 25.4 Å². The molecule has 0 saturated carbocycles. The molecule has 8 rings (SSSR count). The topological polar surface area (TPSA) is 142 Å². The Morgan fingerprint density at radius 1 is 0.951 bits per heavy atom. The van der Waals surface area contributed by atoms with Gasteiger partial charge >= 0.3 is 6.18 Å². The van der Waals surface area contributed by atoms with Gasteiger partial charge in [-0.05, 0) is 123 Å². The lowest BCUT2D eigenvalue weighted by atomic mass is 9.89. The monoisotopic (exact) mass is 849 g/mol. The van der Waals surface area contributed by atoms with E-state index in [1.165, 1.54) is 6.07 Å². The molecule has 3 saturated heterocycles. The summed E-state index contributed by atoms with van der Waals surface area (Å²) in [6.45, 7) is 7.48.